The Kier molecular flexibility index (Phi) is 3.72. The lowest BCUT2D eigenvalue weighted by Crippen LogP contribution is -2.10. The SMILES string of the molecule is CC(CN)c1cnc(CC2CCNC2)s1. The maximum Gasteiger partial charge on any atom is 0.0931 e. The Bertz CT molecular complexity index is 305. The third-order valence-electron chi connectivity index (χ3n) is 3.04. The first kappa shape index (κ1) is 11.0. The summed E-state index contributed by atoms with van der Waals surface area (Å²) in [5.74, 6) is 1.25. The van der Waals surface area contributed by atoms with Crippen molar-refractivity contribution in [3.05, 3.63) is 16.1 Å². The summed E-state index contributed by atoms with van der Waals surface area (Å²) in [5, 5.41) is 4.67. The van der Waals surface area contributed by atoms with E-state index in [0.29, 0.717) is 12.5 Å². The molecule has 2 heterocycles. The summed E-state index contributed by atoms with van der Waals surface area (Å²) >= 11 is 1.83. The molecule has 1 fully saturated rings. The van der Waals surface area contributed by atoms with E-state index in [0.717, 1.165) is 18.9 Å². The Hall–Kier alpha value is -0.450. The van der Waals surface area contributed by atoms with Gasteiger partial charge in [-0.05, 0) is 32.0 Å². The van der Waals surface area contributed by atoms with Gasteiger partial charge < -0.3 is 11.1 Å². The highest BCUT2D eigenvalue weighted by atomic mass is 32.1. The van der Waals surface area contributed by atoms with Crippen LogP contribution in [-0.4, -0.2) is 24.6 Å². The lowest BCUT2D eigenvalue weighted by Gasteiger charge is -2.04. The minimum absolute atomic E-state index is 0.456. The van der Waals surface area contributed by atoms with E-state index in [4.69, 9.17) is 5.73 Å². The van der Waals surface area contributed by atoms with Crippen LogP contribution in [0.4, 0.5) is 0 Å². The Labute approximate surface area is 95.1 Å². The highest BCUT2D eigenvalue weighted by Gasteiger charge is 2.17. The standard InChI is InChI=1S/C11H19N3S/c1-8(5-12)10-7-14-11(15-10)4-9-2-3-13-6-9/h7-9,13H,2-6,12H2,1H3. The van der Waals surface area contributed by atoms with Gasteiger partial charge in [-0.2, -0.15) is 0 Å². The first-order valence-electron chi connectivity index (χ1n) is 5.65. The average molecular weight is 225 g/mol. The number of thiazole rings is 1. The first-order valence-corrected chi connectivity index (χ1v) is 6.46. The summed E-state index contributed by atoms with van der Waals surface area (Å²) < 4.78 is 0. The van der Waals surface area contributed by atoms with E-state index in [1.807, 2.05) is 17.5 Å². The molecule has 15 heavy (non-hydrogen) atoms. The minimum Gasteiger partial charge on any atom is -0.330 e. The van der Waals surface area contributed by atoms with E-state index in [9.17, 15) is 0 Å². The largest absolute Gasteiger partial charge is 0.330 e. The number of nitrogens with zero attached hydrogens (tertiary/aromatic N) is 1. The van der Waals surface area contributed by atoms with Gasteiger partial charge >= 0.3 is 0 Å². The molecule has 2 rings (SSSR count). The van der Waals surface area contributed by atoms with Crippen LogP contribution < -0.4 is 11.1 Å². The van der Waals surface area contributed by atoms with Crippen LogP contribution in [0, 0.1) is 5.92 Å². The van der Waals surface area contributed by atoms with Gasteiger partial charge in [0.1, 0.15) is 0 Å². The second kappa shape index (κ2) is 5.05. The van der Waals surface area contributed by atoms with Crippen molar-refractivity contribution in [2.24, 2.45) is 11.7 Å². The van der Waals surface area contributed by atoms with Crippen molar-refractivity contribution < 1.29 is 0 Å². The third-order valence-corrected chi connectivity index (χ3v) is 4.29. The zero-order valence-corrected chi connectivity index (χ0v) is 10.0. The molecule has 0 amide bonds. The topological polar surface area (TPSA) is 50.9 Å². The van der Waals surface area contributed by atoms with Crippen LogP contribution in [0.2, 0.25) is 0 Å². The molecule has 0 aliphatic carbocycles. The van der Waals surface area contributed by atoms with Gasteiger partial charge in [0, 0.05) is 23.4 Å². The van der Waals surface area contributed by atoms with Crippen LogP contribution in [0.15, 0.2) is 6.20 Å². The molecule has 0 saturated carbocycles. The zero-order valence-electron chi connectivity index (χ0n) is 9.20. The van der Waals surface area contributed by atoms with Crippen LogP contribution in [0.25, 0.3) is 0 Å². The monoisotopic (exact) mass is 225 g/mol. The summed E-state index contributed by atoms with van der Waals surface area (Å²) in [7, 11) is 0. The molecule has 1 aromatic heterocycles. The average Bonchev–Trinajstić information content (AvgIpc) is 2.88. The van der Waals surface area contributed by atoms with Gasteiger partial charge in [-0.25, -0.2) is 4.98 Å². The van der Waals surface area contributed by atoms with Crippen molar-refractivity contribution in [2.75, 3.05) is 19.6 Å². The first-order chi connectivity index (χ1) is 7.29. The fourth-order valence-electron chi connectivity index (χ4n) is 1.90. The quantitative estimate of drug-likeness (QED) is 0.813. The Morgan fingerprint density at radius 1 is 1.73 bits per heavy atom. The molecule has 0 bridgehead atoms. The number of hydrogen-bond acceptors (Lipinski definition) is 4. The number of aromatic nitrogens is 1. The molecule has 2 unspecified atom stereocenters. The Morgan fingerprint density at radius 2 is 2.60 bits per heavy atom. The normalized spacial score (nSPS) is 23.2. The van der Waals surface area contributed by atoms with E-state index in [2.05, 4.69) is 17.2 Å². The molecule has 0 spiro atoms. The molecule has 0 radical (unpaired) electrons. The van der Waals surface area contributed by atoms with E-state index >= 15 is 0 Å². The highest BCUT2D eigenvalue weighted by molar-refractivity contribution is 7.11. The van der Waals surface area contributed by atoms with Crippen molar-refractivity contribution in [2.45, 2.75) is 25.7 Å². The molecule has 84 valence electrons. The number of nitrogens with one attached hydrogen (secondary N) is 1. The number of hydrogen-bond donors (Lipinski definition) is 2. The van der Waals surface area contributed by atoms with Crippen molar-refractivity contribution in [1.29, 1.82) is 0 Å². The van der Waals surface area contributed by atoms with Gasteiger partial charge in [0.2, 0.25) is 0 Å². The summed E-state index contributed by atoms with van der Waals surface area (Å²) in [6.45, 7) is 5.20. The number of rotatable bonds is 4. The molecule has 2 atom stereocenters. The summed E-state index contributed by atoms with van der Waals surface area (Å²) in [4.78, 5) is 5.82. The Balaban J connectivity index is 1.94. The van der Waals surface area contributed by atoms with E-state index < -0.39 is 0 Å². The van der Waals surface area contributed by atoms with Crippen LogP contribution in [0.3, 0.4) is 0 Å². The van der Waals surface area contributed by atoms with Crippen LogP contribution in [0.1, 0.15) is 29.1 Å². The lowest BCUT2D eigenvalue weighted by atomic mass is 10.1. The molecular formula is C11H19N3S. The van der Waals surface area contributed by atoms with Crippen LogP contribution in [0.5, 0.6) is 0 Å². The molecule has 3 nitrogen and oxygen atoms in total. The molecule has 3 N–H and O–H groups in total. The maximum atomic E-state index is 5.65. The van der Waals surface area contributed by atoms with Gasteiger partial charge in [-0.15, -0.1) is 11.3 Å². The molecule has 1 aliphatic rings. The fraction of sp³-hybridized carbons (Fsp3) is 0.727. The van der Waals surface area contributed by atoms with Gasteiger partial charge in [0.15, 0.2) is 0 Å². The molecular weight excluding hydrogens is 206 g/mol. The molecule has 1 saturated heterocycles. The minimum atomic E-state index is 0.456. The third kappa shape index (κ3) is 2.77. The highest BCUT2D eigenvalue weighted by Crippen LogP contribution is 2.24. The van der Waals surface area contributed by atoms with E-state index in [1.165, 1.54) is 22.9 Å². The molecule has 0 aromatic carbocycles. The maximum absolute atomic E-state index is 5.65. The smallest absolute Gasteiger partial charge is 0.0931 e. The molecule has 4 heteroatoms. The van der Waals surface area contributed by atoms with Crippen LogP contribution >= 0.6 is 11.3 Å². The van der Waals surface area contributed by atoms with Crippen molar-refractivity contribution >= 4 is 11.3 Å². The summed E-state index contributed by atoms with van der Waals surface area (Å²) in [6.07, 6.45) is 4.43. The van der Waals surface area contributed by atoms with Crippen molar-refractivity contribution in [1.82, 2.24) is 10.3 Å². The Morgan fingerprint density at radius 3 is 3.27 bits per heavy atom. The second-order valence-corrected chi connectivity index (χ2v) is 5.50. The fourth-order valence-corrected chi connectivity index (χ4v) is 3.00. The van der Waals surface area contributed by atoms with Gasteiger partial charge in [-0.1, -0.05) is 6.92 Å². The molecule has 1 aromatic rings. The van der Waals surface area contributed by atoms with Gasteiger partial charge in [0.05, 0.1) is 5.01 Å². The van der Waals surface area contributed by atoms with Gasteiger partial charge in [0.25, 0.3) is 0 Å². The zero-order chi connectivity index (χ0) is 10.7. The van der Waals surface area contributed by atoms with E-state index in [-0.39, 0.29) is 0 Å². The predicted molar refractivity (Wildman–Crippen MR) is 64.3 cm³/mol. The predicted octanol–water partition coefficient (Wildman–Crippen LogP) is 1.36. The number of nitrogens with two attached hydrogens (primary N) is 1. The summed E-state index contributed by atoms with van der Waals surface area (Å²) in [6, 6.07) is 0. The molecule has 1 aliphatic heterocycles. The summed E-state index contributed by atoms with van der Waals surface area (Å²) in [5.41, 5.74) is 5.65. The van der Waals surface area contributed by atoms with Gasteiger partial charge in [-0.3, -0.25) is 0 Å². The van der Waals surface area contributed by atoms with Crippen LogP contribution in [-0.2, 0) is 6.42 Å². The van der Waals surface area contributed by atoms with Crippen molar-refractivity contribution in [3.63, 3.8) is 0 Å². The van der Waals surface area contributed by atoms with Crippen molar-refractivity contribution in [3.8, 4) is 0 Å². The lowest BCUT2D eigenvalue weighted by molar-refractivity contribution is 0.578. The second-order valence-electron chi connectivity index (χ2n) is 4.36. The van der Waals surface area contributed by atoms with E-state index in [1.54, 1.807) is 0 Å².